The standard InChI is InChI=1S/C4H9O3.Al.2H/c1-6-4(3-5)7-2;;;/h4H,3H2,1-2H3;;;/q-1;+1;;. The number of methoxy groups -OCH3 is 2. The summed E-state index contributed by atoms with van der Waals surface area (Å²) in [6.45, 7) is 0.541. The van der Waals surface area contributed by atoms with Gasteiger partial charge in [-0.2, -0.15) is 0 Å². The lowest BCUT2D eigenvalue weighted by Gasteiger charge is -2.11. The zero-order valence-electron chi connectivity index (χ0n) is 5.51. The summed E-state index contributed by atoms with van der Waals surface area (Å²) in [6, 6.07) is 0. The summed E-state index contributed by atoms with van der Waals surface area (Å²) < 4.78 is 14.5. The van der Waals surface area contributed by atoms with Crippen molar-refractivity contribution in [3.8, 4) is 0 Å². The SMILES string of the molecule is COC(C[O][AlH2])OC. The van der Waals surface area contributed by atoms with Gasteiger partial charge in [0.2, 0.25) is 0 Å². The Kier molecular flexibility index (Phi) is 5.83. The van der Waals surface area contributed by atoms with Crippen LogP contribution in [-0.2, 0) is 13.3 Å². The quantitative estimate of drug-likeness (QED) is 0.371. The fourth-order valence-electron chi connectivity index (χ4n) is 0.368. The van der Waals surface area contributed by atoms with Crippen LogP contribution in [0.2, 0.25) is 0 Å². The monoisotopic (exact) mass is 134 g/mol. The third-order valence-corrected chi connectivity index (χ3v) is 1.16. The lowest BCUT2D eigenvalue weighted by Crippen LogP contribution is -2.19. The van der Waals surface area contributed by atoms with Crippen molar-refractivity contribution in [2.45, 2.75) is 6.29 Å². The smallest absolute Gasteiger partial charge is 0.410 e. The van der Waals surface area contributed by atoms with Crippen molar-refractivity contribution in [2.75, 3.05) is 20.8 Å². The Morgan fingerprint density at radius 1 is 1.38 bits per heavy atom. The summed E-state index contributed by atoms with van der Waals surface area (Å²) >= 11 is 0.736. The van der Waals surface area contributed by atoms with E-state index in [2.05, 4.69) is 0 Å². The van der Waals surface area contributed by atoms with Gasteiger partial charge in [-0.05, 0) is 0 Å². The van der Waals surface area contributed by atoms with E-state index in [1.165, 1.54) is 0 Å². The van der Waals surface area contributed by atoms with Gasteiger partial charge < -0.3 is 13.3 Å². The lowest BCUT2D eigenvalue weighted by atomic mass is 10.7. The number of ether oxygens (including phenoxy) is 2. The molecule has 0 aromatic heterocycles. The first-order valence-electron chi connectivity index (χ1n) is 2.39. The zero-order valence-corrected chi connectivity index (χ0v) is 7.51. The van der Waals surface area contributed by atoms with E-state index in [0.29, 0.717) is 6.61 Å². The van der Waals surface area contributed by atoms with Crippen LogP contribution < -0.4 is 0 Å². The lowest BCUT2D eigenvalue weighted by molar-refractivity contribution is -0.121. The van der Waals surface area contributed by atoms with Gasteiger partial charge in [0.05, 0.1) is 6.61 Å². The van der Waals surface area contributed by atoms with Crippen molar-refractivity contribution >= 4 is 16.6 Å². The van der Waals surface area contributed by atoms with Crippen molar-refractivity contribution in [3.05, 3.63) is 0 Å². The first kappa shape index (κ1) is 8.41. The van der Waals surface area contributed by atoms with Crippen LogP contribution in [0.15, 0.2) is 0 Å². The molecule has 0 saturated carbocycles. The maximum absolute atomic E-state index is 4.87. The molecule has 0 fully saturated rings. The van der Waals surface area contributed by atoms with Crippen LogP contribution in [0, 0.1) is 0 Å². The van der Waals surface area contributed by atoms with Gasteiger partial charge in [0.25, 0.3) is 0 Å². The number of hydrogen-bond donors (Lipinski definition) is 0. The molecule has 4 heteroatoms. The molecule has 0 atom stereocenters. The fourth-order valence-corrected chi connectivity index (χ4v) is 0.641. The summed E-state index contributed by atoms with van der Waals surface area (Å²) in [5.41, 5.74) is 0. The van der Waals surface area contributed by atoms with Crippen LogP contribution in [0.3, 0.4) is 0 Å². The van der Waals surface area contributed by atoms with Crippen molar-refractivity contribution in [2.24, 2.45) is 0 Å². The molecule has 0 amide bonds. The molecule has 0 radical (unpaired) electrons. The minimum absolute atomic E-state index is 0.188. The molecule has 48 valence electrons. The fraction of sp³-hybridized carbons (Fsp3) is 1.00. The van der Waals surface area contributed by atoms with Gasteiger partial charge in [0.15, 0.2) is 6.29 Å². The molecule has 3 nitrogen and oxygen atoms in total. The maximum Gasteiger partial charge on any atom is 0.410 e. The molecule has 0 aromatic rings. The number of hydrogen-bond acceptors (Lipinski definition) is 3. The Morgan fingerprint density at radius 2 is 1.88 bits per heavy atom. The predicted molar refractivity (Wildman–Crippen MR) is 32.3 cm³/mol. The van der Waals surface area contributed by atoms with Gasteiger partial charge in [-0.15, -0.1) is 0 Å². The average molecular weight is 134 g/mol. The summed E-state index contributed by atoms with van der Waals surface area (Å²) in [4.78, 5) is 0. The van der Waals surface area contributed by atoms with E-state index in [9.17, 15) is 0 Å². The van der Waals surface area contributed by atoms with E-state index in [1.54, 1.807) is 14.2 Å². The van der Waals surface area contributed by atoms with Gasteiger partial charge in [-0.3, -0.25) is 0 Å². The highest BCUT2D eigenvalue weighted by Crippen LogP contribution is 1.88. The first-order chi connectivity index (χ1) is 3.85. The van der Waals surface area contributed by atoms with Gasteiger partial charge >= 0.3 is 16.6 Å². The largest absolute Gasteiger partial charge is 0.502 e. The highest BCUT2D eigenvalue weighted by atomic mass is 27.1. The van der Waals surface area contributed by atoms with Crippen molar-refractivity contribution in [3.63, 3.8) is 0 Å². The van der Waals surface area contributed by atoms with Crippen LogP contribution in [0.4, 0.5) is 0 Å². The topological polar surface area (TPSA) is 27.7 Å². The zero-order chi connectivity index (χ0) is 6.41. The second-order valence-corrected chi connectivity index (χ2v) is 1.93. The Bertz CT molecular complexity index is 46.5. The second-order valence-electron chi connectivity index (χ2n) is 1.36. The molecule has 0 heterocycles. The molecule has 0 aliphatic heterocycles. The summed E-state index contributed by atoms with van der Waals surface area (Å²) in [7, 11) is 3.18. The van der Waals surface area contributed by atoms with Gasteiger partial charge in [0.1, 0.15) is 0 Å². The molecule has 0 N–H and O–H groups in total. The molecular formula is C4H11AlO3. The van der Waals surface area contributed by atoms with Crippen LogP contribution in [0.1, 0.15) is 0 Å². The van der Waals surface area contributed by atoms with Crippen molar-refractivity contribution in [1.29, 1.82) is 0 Å². The van der Waals surface area contributed by atoms with E-state index in [0.717, 1.165) is 16.6 Å². The normalized spacial score (nSPS) is 10.4. The third kappa shape index (κ3) is 3.42. The molecule has 0 saturated heterocycles. The van der Waals surface area contributed by atoms with Crippen LogP contribution in [0.5, 0.6) is 0 Å². The molecule has 0 spiro atoms. The van der Waals surface area contributed by atoms with E-state index >= 15 is 0 Å². The van der Waals surface area contributed by atoms with Crippen LogP contribution in [-0.4, -0.2) is 43.7 Å². The van der Waals surface area contributed by atoms with Crippen molar-refractivity contribution < 1.29 is 13.3 Å². The van der Waals surface area contributed by atoms with E-state index < -0.39 is 0 Å². The summed E-state index contributed by atoms with van der Waals surface area (Å²) in [5.74, 6) is 0. The predicted octanol–water partition coefficient (Wildman–Crippen LogP) is -0.830. The van der Waals surface area contributed by atoms with E-state index in [4.69, 9.17) is 13.3 Å². The molecular weight excluding hydrogens is 123 g/mol. The molecule has 0 aliphatic carbocycles. The van der Waals surface area contributed by atoms with E-state index in [-0.39, 0.29) is 6.29 Å². The Balaban J connectivity index is 3.07. The second kappa shape index (κ2) is 5.55. The van der Waals surface area contributed by atoms with Crippen molar-refractivity contribution in [1.82, 2.24) is 0 Å². The minimum atomic E-state index is -0.188. The Morgan fingerprint density at radius 3 is 2.00 bits per heavy atom. The maximum atomic E-state index is 4.87. The van der Waals surface area contributed by atoms with Crippen LogP contribution >= 0.6 is 0 Å². The highest BCUT2D eigenvalue weighted by molar-refractivity contribution is 5.97. The van der Waals surface area contributed by atoms with Gasteiger partial charge in [0, 0.05) is 14.2 Å². The molecule has 0 aromatic carbocycles. The molecule has 0 bridgehead atoms. The molecule has 8 heavy (non-hydrogen) atoms. The van der Waals surface area contributed by atoms with E-state index in [1.807, 2.05) is 0 Å². The molecule has 0 aliphatic rings. The third-order valence-electron chi connectivity index (χ3n) is 0.829. The average Bonchev–Trinajstić information content (AvgIpc) is 1.83. The van der Waals surface area contributed by atoms with Crippen LogP contribution in [0.25, 0.3) is 0 Å². The summed E-state index contributed by atoms with van der Waals surface area (Å²) in [6.07, 6.45) is -0.188. The van der Waals surface area contributed by atoms with Gasteiger partial charge in [-0.25, -0.2) is 0 Å². The number of rotatable bonds is 4. The Labute approximate surface area is 57.7 Å². The Hall–Kier alpha value is 0.412. The highest BCUT2D eigenvalue weighted by Gasteiger charge is 1.99. The summed E-state index contributed by atoms with van der Waals surface area (Å²) in [5, 5.41) is 0. The minimum Gasteiger partial charge on any atom is -0.502 e. The molecule has 0 unspecified atom stereocenters. The van der Waals surface area contributed by atoms with Gasteiger partial charge in [-0.1, -0.05) is 0 Å². The first-order valence-corrected chi connectivity index (χ1v) is 3.21. The molecule has 0 rings (SSSR count).